The van der Waals surface area contributed by atoms with E-state index >= 15 is 0 Å². The van der Waals surface area contributed by atoms with Crippen LogP contribution in [0, 0.1) is 6.92 Å². The minimum Gasteiger partial charge on any atom is -0.448 e. The first-order chi connectivity index (χ1) is 9.69. The van der Waals surface area contributed by atoms with Crippen molar-refractivity contribution in [2.75, 3.05) is 0 Å². The molecule has 1 amide bonds. The number of rotatable bonds is 3. The molecule has 1 aliphatic rings. The van der Waals surface area contributed by atoms with Crippen molar-refractivity contribution in [3.63, 3.8) is 0 Å². The fourth-order valence-corrected chi connectivity index (χ4v) is 2.54. The first-order valence-electron chi connectivity index (χ1n) is 6.81. The van der Waals surface area contributed by atoms with Gasteiger partial charge in [0.05, 0.1) is 0 Å². The molecular formula is C13H17N5O2. The molecular weight excluding hydrogens is 258 g/mol. The molecule has 0 fully saturated rings. The Kier molecular flexibility index (Phi) is 3.25. The monoisotopic (exact) mass is 275 g/mol. The van der Waals surface area contributed by atoms with E-state index < -0.39 is 0 Å². The highest BCUT2D eigenvalue weighted by atomic mass is 16.3. The highest BCUT2D eigenvalue weighted by Crippen LogP contribution is 2.16. The van der Waals surface area contributed by atoms with Gasteiger partial charge in [-0.3, -0.25) is 4.79 Å². The summed E-state index contributed by atoms with van der Waals surface area (Å²) < 4.78 is 7.16. The van der Waals surface area contributed by atoms with E-state index in [1.54, 1.807) is 6.92 Å². The maximum absolute atomic E-state index is 12.1. The average Bonchev–Trinajstić information content (AvgIpc) is 3.04. The third-order valence-electron chi connectivity index (χ3n) is 3.63. The van der Waals surface area contributed by atoms with E-state index in [2.05, 4.69) is 32.0 Å². The highest BCUT2D eigenvalue weighted by Gasteiger charge is 2.25. The van der Waals surface area contributed by atoms with Gasteiger partial charge in [0.25, 0.3) is 5.91 Å². The van der Waals surface area contributed by atoms with Crippen molar-refractivity contribution in [3.8, 4) is 0 Å². The van der Waals surface area contributed by atoms with Crippen molar-refractivity contribution in [2.45, 2.75) is 45.7 Å². The molecule has 0 radical (unpaired) electrons. The number of aryl methyl sites for hydroxylation is 3. The van der Waals surface area contributed by atoms with Gasteiger partial charge in [0.15, 0.2) is 12.1 Å². The maximum atomic E-state index is 12.1. The Morgan fingerprint density at radius 3 is 3.10 bits per heavy atom. The number of nitrogens with zero attached hydrogens (tertiary/aromatic N) is 4. The predicted octanol–water partition coefficient (Wildman–Crippen LogP) is 0.882. The fraction of sp³-hybridized carbons (Fsp3) is 0.538. The van der Waals surface area contributed by atoms with Gasteiger partial charge in [0, 0.05) is 25.4 Å². The number of carbonyl (C=O) groups is 1. The number of carbonyl (C=O) groups excluding carboxylic acids is 1. The second kappa shape index (κ2) is 5.07. The summed E-state index contributed by atoms with van der Waals surface area (Å²) in [5.74, 6) is 2.33. The number of hydrogen-bond donors (Lipinski definition) is 1. The number of aromatic nitrogens is 4. The summed E-state index contributed by atoms with van der Waals surface area (Å²) in [4.78, 5) is 16.1. The van der Waals surface area contributed by atoms with Crippen molar-refractivity contribution in [3.05, 3.63) is 29.5 Å². The zero-order valence-electron chi connectivity index (χ0n) is 11.6. The van der Waals surface area contributed by atoms with Gasteiger partial charge in [-0.1, -0.05) is 6.92 Å². The zero-order chi connectivity index (χ0) is 14.1. The van der Waals surface area contributed by atoms with Crippen molar-refractivity contribution in [2.24, 2.45) is 0 Å². The number of amides is 1. The second-order valence-corrected chi connectivity index (χ2v) is 4.96. The van der Waals surface area contributed by atoms with Crippen LogP contribution in [-0.4, -0.2) is 31.7 Å². The number of hydrogen-bond acceptors (Lipinski definition) is 5. The summed E-state index contributed by atoms with van der Waals surface area (Å²) in [6.07, 6.45) is 3.83. The van der Waals surface area contributed by atoms with Crippen LogP contribution >= 0.6 is 0 Å². The Bertz CT molecular complexity index is 617. The third-order valence-corrected chi connectivity index (χ3v) is 3.63. The van der Waals surface area contributed by atoms with Crippen LogP contribution in [0.25, 0.3) is 0 Å². The lowest BCUT2D eigenvalue weighted by Crippen LogP contribution is -2.41. The summed E-state index contributed by atoms with van der Waals surface area (Å²) >= 11 is 0. The molecule has 106 valence electrons. The lowest BCUT2D eigenvalue weighted by molar-refractivity contribution is 0.0921. The van der Waals surface area contributed by atoms with E-state index in [-0.39, 0.29) is 11.9 Å². The molecule has 0 bridgehead atoms. The van der Waals surface area contributed by atoms with Gasteiger partial charge in [0.2, 0.25) is 0 Å². The molecule has 7 heteroatoms. The molecule has 1 atom stereocenters. The quantitative estimate of drug-likeness (QED) is 0.898. The largest absolute Gasteiger partial charge is 0.448 e. The first-order valence-corrected chi connectivity index (χ1v) is 6.81. The predicted molar refractivity (Wildman–Crippen MR) is 70.2 cm³/mol. The molecule has 1 N–H and O–H groups in total. The normalized spacial score (nSPS) is 17.8. The standard InChI is InChI=1S/C13H17N5O2/c1-3-10-16-17-11-5-4-9(6-18(10)11)15-13(19)12-8(2)20-7-14-12/h7,9H,3-6H2,1-2H3,(H,15,19)/t9-/m0/s1. The third kappa shape index (κ3) is 2.19. The number of fused-ring (bicyclic) bond motifs is 1. The first kappa shape index (κ1) is 12.8. The van der Waals surface area contributed by atoms with Crippen LogP contribution in [0.2, 0.25) is 0 Å². The van der Waals surface area contributed by atoms with Crippen molar-refractivity contribution in [1.29, 1.82) is 0 Å². The molecule has 0 unspecified atom stereocenters. The molecule has 0 aromatic carbocycles. The summed E-state index contributed by atoms with van der Waals surface area (Å²) in [5, 5.41) is 11.4. The molecule has 0 saturated carbocycles. The Balaban J connectivity index is 1.71. The molecule has 7 nitrogen and oxygen atoms in total. The Hall–Kier alpha value is -2.18. The van der Waals surface area contributed by atoms with E-state index in [1.165, 1.54) is 6.39 Å². The lowest BCUT2D eigenvalue weighted by atomic mass is 10.1. The van der Waals surface area contributed by atoms with E-state index in [9.17, 15) is 4.79 Å². The molecule has 0 aliphatic carbocycles. The maximum Gasteiger partial charge on any atom is 0.273 e. The molecule has 3 rings (SSSR count). The Morgan fingerprint density at radius 2 is 2.40 bits per heavy atom. The van der Waals surface area contributed by atoms with Gasteiger partial charge in [0.1, 0.15) is 17.4 Å². The molecule has 2 aromatic rings. The van der Waals surface area contributed by atoms with Crippen molar-refractivity contribution >= 4 is 5.91 Å². The minimum absolute atomic E-state index is 0.0763. The van der Waals surface area contributed by atoms with Gasteiger partial charge in [-0.15, -0.1) is 10.2 Å². The van der Waals surface area contributed by atoms with Crippen molar-refractivity contribution in [1.82, 2.24) is 25.1 Å². The van der Waals surface area contributed by atoms with Crippen molar-refractivity contribution < 1.29 is 9.21 Å². The average molecular weight is 275 g/mol. The Morgan fingerprint density at radius 1 is 1.55 bits per heavy atom. The number of nitrogens with one attached hydrogen (secondary N) is 1. The molecule has 3 heterocycles. The summed E-state index contributed by atoms with van der Waals surface area (Å²) in [5.41, 5.74) is 0.357. The van der Waals surface area contributed by atoms with Crippen LogP contribution in [-0.2, 0) is 19.4 Å². The number of oxazole rings is 1. The van der Waals surface area contributed by atoms with Crippen LogP contribution in [0.15, 0.2) is 10.8 Å². The molecule has 2 aromatic heterocycles. The zero-order valence-corrected chi connectivity index (χ0v) is 11.6. The van der Waals surface area contributed by atoms with E-state index in [0.29, 0.717) is 18.0 Å². The van der Waals surface area contributed by atoms with Crippen LogP contribution in [0.1, 0.15) is 41.2 Å². The van der Waals surface area contributed by atoms with Gasteiger partial charge in [-0.05, 0) is 13.3 Å². The van der Waals surface area contributed by atoms with Gasteiger partial charge in [-0.2, -0.15) is 0 Å². The van der Waals surface area contributed by atoms with Gasteiger partial charge in [-0.25, -0.2) is 4.98 Å². The summed E-state index contributed by atoms with van der Waals surface area (Å²) in [6.45, 7) is 4.50. The van der Waals surface area contributed by atoms with Gasteiger partial charge >= 0.3 is 0 Å². The van der Waals surface area contributed by atoms with E-state index in [1.807, 2.05) is 0 Å². The lowest BCUT2D eigenvalue weighted by Gasteiger charge is -2.24. The molecule has 0 saturated heterocycles. The molecule has 0 spiro atoms. The fourth-order valence-electron chi connectivity index (χ4n) is 2.54. The van der Waals surface area contributed by atoms with Gasteiger partial charge < -0.3 is 14.3 Å². The van der Waals surface area contributed by atoms with Crippen LogP contribution in [0.3, 0.4) is 0 Å². The second-order valence-electron chi connectivity index (χ2n) is 4.96. The van der Waals surface area contributed by atoms with Crippen LogP contribution < -0.4 is 5.32 Å². The highest BCUT2D eigenvalue weighted by molar-refractivity contribution is 5.93. The van der Waals surface area contributed by atoms with E-state index in [4.69, 9.17) is 4.42 Å². The Labute approximate surface area is 116 Å². The van der Waals surface area contributed by atoms with Crippen LogP contribution in [0.5, 0.6) is 0 Å². The minimum atomic E-state index is -0.184. The smallest absolute Gasteiger partial charge is 0.273 e. The summed E-state index contributed by atoms with van der Waals surface area (Å²) in [6, 6.07) is 0.0763. The van der Waals surface area contributed by atoms with E-state index in [0.717, 1.165) is 30.9 Å². The topological polar surface area (TPSA) is 85.8 Å². The summed E-state index contributed by atoms with van der Waals surface area (Å²) in [7, 11) is 0. The molecule has 20 heavy (non-hydrogen) atoms. The SMILES string of the molecule is CCc1nnc2n1C[C@@H](NC(=O)c1ncoc1C)CC2. The molecule has 1 aliphatic heterocycles. The van der Waals surface area contributed by atoms with Crippen LogP contribution in [0.4, 0.5) is 0 Å².